The van der Waals surface area contributed by atoms with Crippen molar-refractivity contribution in [2.75, 3.05) is 0 Å². The molecule has 0 saturated carbocycles. The second kappa shape index (κ2) is 15.3. The van der Waals surface area contributed by atoms with Crippen LogP contribution in [0.3, 0.4) is 0 Å². The molecule has 1 aromatic heterocycles. The number of carboxylic acid groups (broad SMARTS) is 1. The molecule has 0 aliphatic heterocycles. The fraction of sp³-hybridized carbons (Fsp3) is 0.378. The summed E-state index contributed by atoms with van der Waals surface area (Å²) in [5.74, 6) is 0.357. The van der Waals surface area contributed by atoms with Crippen LogP contribution in [0, 0.1) is 6.92 Å². The monoisotopic (exact) mass is 580 g/mol. The van der Waals surface area contributed by atoms with Crippen molar-refractivity contribution in [2.45, 2.75) is 91.7 Å². The highest BCUT2D eigenvalue weighted by molar-refractivity contribution is 5.75. The second-order valence-electron chi connectivity index (χ2n) is 11.2. The number of aliphatic carboxylic acids is 1. The lowest BCUT2D eigenvalue weighted by atomic mass is 9.94. The van der Waals surface area contributed by atoms with Crippen molar-refractivity contribution in [3.8, 4) is 5.75 Å². The number of nitrogens with zero attached hydrogens (tertiary/aromatic N) is 2. The van der Waals surface area contributed by atoms with Gasteiger partial charge in [0.15, 0.2) is 0 Å². The third-order valence-corrected chi connectivity index (χ3v) is 7.77. The van der Waals surface area contributed by atoms with Gasteiger partial charge in [0.05, 0.1) is 12.2 Å². The lowest BCUT2D eigenvalue weighted by molar-refractivity contribution is -0.145. The number of ether oxygens (including phenoxy) is 1. The Bertz CT molecular complexity index is 1530. The molecule has 3 aromatic carbocycles. The highest BCUT2D eigenvalue weighted by atomic mass is 16.5. The molecule has 1 unspecified atom stereocenters. The van der Waals surface area contributed by atoms with Gasteiger partial charge in [0.1, 0.15) is 11.6 Å². The summed E-state index contributed by atoms with van der Waals surface area (Å²) in [6.07, 6.45) is 5.36. The SMILES string of the molecule is CCCCc1nc(C)n(Cc2ccccc2)c(=O)c1Cc1cc(CCC)c(OC(C(=O)O)c2ccccc2)c(CCC)c1. The van der Waals surface area contributed by atoms with E-state index < -0.39 is 12.1 Å². The predicted octanol–water partition coefficient (Wildman–Crippen LogP) is 7.64. The normalized spacial score (nSPS) is 11.8. The van der Waals surface area contributed by atoms with Gasteiger partial charge in [-0.1, -0.05) is 113 Å². The van der Waals surface area contributed by atoms with Gasteiger partial charge in [-0.05, 0) is 54.9 Å². The first kappa shape index (κ1) is 31.7. The Morgan fingerprint density at radius 2 is 1.47 bits per heavy atom. The number of aromatic nitrogens is 2. The van der Waals surface area contributed by atoms with Crippen molar-refractivity contribution in [1.82, 2.24) is 9.55 Å². The highest BCUT2D eigenvalue weighted by Gasteiger charge is 2.25. The van der Waals surface area contributed by atoms with E-state index in [1.807, 2.05) is 55.5 Å². The van der Waals surface area contributed by atoms with Gasteiger partial charge in [-0.15, -0.1) is 0 Å². The summed E-state index contributed by atoms with van der Waals surface area (Å²) in [5, 5.41) is 10.1. The van der Waals surface area contributed by atoms with Gasteiger partial charge in [-0.2, -0.15) is 0 Å². The zero-order valence-electron chi connectivity index (χ0n) is 25.9. The van der Waals surface area contributed by atoms with Crippen molar-refractivity contribution in [3.05, 3.63) is 128 Å². The van der Waals surface area contributed by atoms with Crippen molar-refractivity contribution in [1.29, 1.82) is 0 Å². The molecular formula is C37H44N2O4. The second-order valence-corrected chi connectivity index (χ2v) is 11.2. The van der Waals surface area contributed by atoms with E-state index in [1.54, 1.807) is 16.7 Å². The minimum atomic E-state index is -1.11. The molecule has 1 atom stereocenters. The van der Waals surface area contributed by atoms with E-state index in [2.05, 4.69) is 32.9 Å². The van der Waals surface area contributed by atoms with Gasteiger partial charge < -0.3 is 9.84 Å². The zero-order valence-corrected chi connectivity index (χ0v) is 25.9. The largest absolute Gasteiger partial charge is 0.478 e. The summed E-state index contributed by atoms with van der Waals surface area (Å²) in [4.78, 5) is 31.4. The molecule has 226 valence electrons. The van der Waals surface area contributed by atoms with Crippen LogP contribution in [-0.2, 0) is 37.0 Å². The maximum atomic E-state index is 14.1. The first-order valence-corrected chi connectivity index (χ1v) is 15.6. The Morgan fingerprint density at radius 1 is 0.860 bits per heavy atom. The standard InChI is InChI=1S/C37H44N2O4/c1-5-8-21-33-32(36(40)39(26(4)38-33)25-27-17-11-9-12-18-27)24-28-22-30(15-6-2)34(31(23-28)16-7-3)43-35(37(41)42)29-19-13-10-14-20-29/h9-14,17-20,22-23,35H,5-8,15-16,21,24-25H2,1-4H3,(H,41,42). The van der Waals surface area contributed by atoms with Crippen molar-refractivity contribution in [3.63, 3.8) is 0 Å². The quantitative estimate of drug-likeness (QED) is 0.156. The molecule has 4 rings (SSSR count). The Labute approximate surface area is 255 Å². The number of carbonyl (C=O) groups is 1. The fourth-order valence-corrected chi connectivity index (χ4v) is 5.64. The first-order chi connectivity index (χ1) is 20.9. The summed E-state index contributed by atoms with van der Waals surface area (Å²) in [7, 11) is 0. The van der Waals surface area contributed by atoms with E-state index >= 15 is 0 Å². The van der Waals surface area contributed by atoms with E-state index in [1.165, 1.54) is 0 Å². The topological polar surface area (TPSA) is 81.4 Å². The molecule has 0 amide bonds. The first-order valence-electron chi connectivity index (χ1n) is 15.6. The Kier molecular flexibility index (Phi) is 11.3. The molecule has 0 spiro atoms. The molecular weight excluding hydrogens is 536 g/mol. The lowest BCUT2D eigenvalue weighted by Gasteiger charge is -2.22. The van der Waals surface area contributed by atoms with E-state index in [4.69, 9.17) is 9.72 Å². The van der Waals surface area contributed by atoms with Crippen LogP contribution in [0.1, 0.15) is 97.5 Å². The minimum Gasteiger partial charge on any atom is -0.478 e. The van der Waals surface area contributed by atoms with Gasteiger partial charge >= 0.3 is 5.97 Å². The van der Waals surface area contributed by atoms with Crippen molar-refractivity contribution < 1.29 is 14.6 Å². The highest BCUT2D eigenvalue weighted by Crippen LogP contribution is 2.34. The molecule has 0 aliphatic carbocycles. The summed E-state index contributed by atoms with van der Waals surface area (Å²) in [5.41, 5.74) is 6.26. The van der Waals surface area contributed by atoms with Gasteiger partial charge in [-0.25, -0.2) is 9.78 Å². The number of hydrogen-bond acceptors (Lipinski definition) is 4. The maximum Gasteiger partial charge on any atom is 0.349 e. The molecule has 0 aliphatic rings. The van der Waals surface area contributed by atoms with E-state index in [0.717, 1.165) is 84.3 Å². The average molecular weight is 581 g/mol. The summed E-state index contributed by atoms with van der Waals surface area (Å²) in [6.45, 7) is 8.76. The maximum absolute atomic E-state index is 14.1. The van der Waals surface area contributed by atoms with Crippen LogP contribution in [-0.4, -0.2) is 20.6 Å². The number of rotatable bonds is 15. The van der Waals surface area contributed by atoms with Gasteiger partial charge in [0, 0.05) is 17.5 Å². The van der Waals surface area contributed by atoms with E-state index in [9.17, 15) is 14.7 Å². The van der Waals surface area contributed by atoms with Gasteiger partial charge in [0.25, 0.3) is 5.56 Å². The molecule has 43 heavy (non-hydrogen) atoms. The van der Waals surface area contributed by atoms with Crippen LogP contribution in [0.15, 0.2) is 77.6 Å². The van der Waals surface area contributed by atoms with Crippen LogP contribution in [0.25, 0.3) is 0 Å². The van der Waals surface area contributed by atoms with Crippen LogP contribution in [0.5, 0.6) is 5.75 Å². The molecule has 6 heteroatoms. The number of unbranched alkanes of at least 4 members (excludes halogenated alkanes) is 1. The summed E-state index contributed by atoms with van der Waals surface area (Å²) < 4.78 is 8.15. The van der Waals surface area contributed by atoms with E-state index in [0.29, 0.717) is 24.3 Å². The number of aryl methyl sites for hydroxylation is 4. The number of carboxylic acids is 1. The minimum absolute atomic E-state index is 0.00637. The summed E-state index contributed by atoms with van der Waals surface area (Å²) in [6, 6.07) is 23.3. The molecule has 0 fully saturated rings. The lowest BCUT2D eigenvalue weighted by Crippen LogP contribution is -2.30. The molecule has 6 nitrogen and oxygen atoms in total. The van der Waals surface area contributed by atoms with Gasteiger partial charge in [0.2, 0.25) is 6.10 Å². The van der Waals surface area contributed by atoms with Crippen LogP contribution < -0.4 is 10.3 Å². The Balaban J connectivity index is 1.79. The van der Waals surface area contributed by atoms with Gasteiger partial charge in [-0.3, -0.25) is 9.36 Å². The third-order valence-electron chi connectivity index (χ3n) is 7.77. The Hall–Kier alpha value is -4.19. The van der Waals surface area contributed by atoms with Crippen molar-refractivity contribution in [2.24, 2.45) is 0 Å². The zero-order chi connectivity index (χ0) is 30.8. The number of benzene rings is 3. The third kappa shape index (κ3) is 8.01. The Morgan fingerprint density at radius 3 is 2.02 bits per heavy atom. The summed E-state index contributed by atoms with van der Waals surface area (Å²) >= 11 is 0. The van der Waals surface area contributed by atoms with Crippen LogP contribution >= 0.6 is 0 Å². The number of hydrogen-bond donors (Lipinski definition) is 1. The fourth-order valence-electron chi connectivity index (χ4n) is 5.64. The predicted molar refractivity (Wildman–Crippen MR) is 172 cm³/mol. The molecule has 0 saturated heterocycles. The molecule has 1 heterocycles. The van der Waals surface area contributed by atoms with Crippen molar-refractivity contribution >= 4 is 5.97 Å². The molecule has 0 bridgehead atoms. The van der Waals surface area contributed by atoms with Crippen LogP contribution in [0.2, 0.25) is 0 Å². The molecule has 0 radical (unpaired) electrons. The molecule has 4 aromatic rings. The van der Waals surface area contributed by atoms with E-state index in [-0.39, 0.29) is 5.56 Å². The smallest absolute Gasteiger partial charge is 0.349 e. The average Bonchev–Trinajstić information content (AvgIpc) is 3.00. The van der Waals surface area contributed by atoms with Crippen LogP contribution in [0.4, 0.5) is 0 Å². The molecule has 1 N–H and O–H groups in total.